The summed E-state index contributed by atoms with van der Waals surface area (Å²) in [6.45, 7) is 0. The third-order valence-electron chi connectivity index (χ3n) is 3.09. The van der Waals surface area contributed by atoms with E-state index in [9.17, 15) is 5.11 Å². The van der Waals surface area contributed by atoms with Gasteiger partial charge in [-0.1, -0.05) is 0 Å². The van der Waals surface area contributed by atoms with E-state index in [-0.39, 0.29) is 6.04 Å². The van der Waals surface area contributed by atoms with Gasteiger partial charge in [0.1, 0.15) is 11.4 Å². The van der Waals surface area contributed by atoms with Crippen molar-refractivity contribution in [3.05, 3.63) is 18.2 Å². The predicted molar refractivity (Wildman–Crippen MR) is 53.5 cm³/mol. The zero-order chi connectivity index (χ0) is 10.2. The SMILES string of the molecule is Cn1ccnc1C1(O)CCC(N)CC1. The second-order valence-electron chi connectivity index (χ2n) is 4.23. The van der Waals surface area contributed by atoms with Crippen LogP contribution >= 0.6 is 0 Å². The van der Waals surface area contributed by atoms with Gasteiger partial charge in [0.15, 0.2) is 0 Å². The minimum absolute atomic E-state index is 0.246. The van der Waals surface area contributed by atoms with E-state index in [1.807, 2.05) is 17.8 Å². The van der Waals surface area contributed by atoms with Crippen LogP contribution in [0.2, 0.25) is 0 Å². The molecule has 1 aliphatic carbocycles. The van der Waals surface area contributed by atoms with E-state index < -0.39 is 5.60 Å². The minimum atomic E-state index is -0.756. The topological polar surface area (TPSA) is 64.1 Å². The first kappa shape index (κ1) is 9.68. The van der Waals surface area contributed by atoms with Crippen LogP contribution in [0.3, 0.4) is 0 Å². The average Bonchev–Trinajstić information content (AvgIpc) is 2.58. The summed E-state index contributed by atoms with van der Waals surface area (Å²) in [6.07, 6.45) is 6.79. The Morgan fingerprint density at radius 2 is 2.21 bits per heavy atom. The molecule has 0 atom stereocenters. The van der Waals surface area contributed by atoms with Gasteiger partial charge < -0.3 is 15.4 Å². The lowest BCUT2D eigenvalue weighted by Gasteiger charge is -2.34. The van der Waals surface area contributed by atoms with Gasteiger partial charge in [-0.2, -0.15) is 0 Å². The highest BCUT2D eigenvalue weighted by Crippen LogP contribution is 2.35. The monoisotopic (exact) mass is 195 g/mol. The Hall–Kier alpha value is -0.870. The third kappa shape index (κ3) is 1.55. The van der Waals surface area contributed by atoms with Gasteiger partial charge >= 0.3 is 0 Å². The fourth-order valence-electron chi connectivity index (χ4n) is 2.16. The molecule has 0 bridgehead atoms. The van der Waals surface area contributed by atoms with Gasteiger partial charge in [0.05, 0.1) is 0 Å². The molecule has 0 spiro atoms. The van der Waals surface area contributed by atoms with Gasteiger partial charge in [0.25, 0.3) is 0 Å². The molecule has 78 valence electrons. The zero-order valence-corrected chi connectivity index (χ0v) is 8.48. The van der Waals surface area contributed by atoms with Crippen molar-refractivity contribution in [2.24, 2.45) is 12.8 Å². The van der Waals surface area contributed by atoms with E-state index in [1.165, 1.54) is 0 Å². The average molecular weight is 195 g/mol. The number of nitrogens with two attached hydrogens (primary N) is 1. The number of aliphatic hydroxyl groups is 1. The molecule has 0 aromatic carbocycles. The van der Waals surface area contributed by atoms with Gasteiger partial charge in [-0.05, 0) is 25.7 Å². The smallest absolute Gasteiger partial charge is 0.140 e. The lowest BCUT2D eigenvalue weighted by atomic mass is 9.82. The van der Waals surface area contributed by atoms with E-state index in [2.05, 4.69) is 4.98 Å². The highest BCUT2D eigenvalue weighted by atomic mass is 16.3. The third-order valence-corrected chi connectivity index (χ3v) is 3.09. The summed E-state index contributed by atoms with van der Waals surface area (Å²) in [5.41, 5.74) is 5.05. The molecule has 0 radical (unpaired) electrons. The number of rotatable bonds is 1. The Morgan fingerprint density at radius 3 is 2.71 bits per heavy atom. The molecule has 4 heteroatoms. The molecule has 1 aromatic rings. The predicted octanol–water partition coefficient (Wildman–Crippen LogP) is 0.509. The quantitative estimate of drug-likeness (QED) is 0.686. The molecule has 0 amide bonds. The molecule has 2 rings (SSSR count). The summed E-state index contributed by atoms with van der Waals surface area (Å²) in [5.74, 6) is 0.768. The van der Waals surface area contributed by atoms with Crippen LogP contribution in [0.15, 0.2) is 12.4 Å². The maximum atomic E-state index is 10.4. The summed E-state index contributed by atoms with van der Waals surface area (Å²) in [5, 5.41) is 10.4. The van der Waals surface area contributed by atoms with Crippen LogP contribution in [0, 0.1) is 0 Å². The highest BCUT2D eigenvalue weighted by molar-refractivity contribution is 5.06. The Balaban J connectivity index is 2.21. The van der Waals surface area contributed by atoms with E-state index in [4.69, 9.17) is 5.73 Å². The Bertz CT molecular complexity index is 313. The van der Waals surface area contributed by atoms with Crippen LogP contribution in [0.25, 0.3) is 0 Å². The van der Waals surface area contributed by atoms with Crippen LogP contribution in [0.4, 0.5) is 0 Å². The second kappa shape index (κ2) is 3.37. The first-order valence-electron chi connectivity index (χ1n) is 5.07. The lowest BCUT2D eigenvalue weighted by molar-refractivity contribution is -0.0153. The summed E-state index contributed by atoms with van der Waals surface area (Å²) < 4.78 is 1.89. The maximum absolute atomic E-state index is 10.4. The van der Waals surface area contributed by atoms with Crippen LogP contribution in [-0.4, -0.2) is 20.7 Å². The fraction of sp³-hybridized carbons (Fsp3) is 0.700. The highest BCUT2D eigenvalue weighted by Gasteiger charge is 2.36. The number of aryl methyl sites for hydroxylation is 1. The number of imidazole rings is 1. The Labute approximate surface area is 83.8 Å². The van der Waals surface area contributed by atoms with Crippen molar-refractivity contribution >= 4 is 0 Å². The van der Waals surface area contributed by atoms with Crippen molar-refractivity contribution in [3.63, 3.8) is 0 Å². The molecule has 4 nitrogen and oxygen atoms in total. The van der Waals surface area contributed by atoms with Crippen molar-refractivity contribution in [1.29, 1.82) is 0 Å². The molecule has 0 unspecified atom stereocenters. The molecule has 1 aliphatic rings. The molecule has 0 aliphatic heterocycles. The summed E-state index contributed by atoms with van der Waals surface area (Å²) in [6, 6.07) is 0.246. The minimum Gasteiger partial charge on any atom is -0.382 e. The van der Waals surface area contributed by atoms with Gasteiger partial charge in [0.2, 0.25) is 0 Å². The molecule has 3 N–H and O–H groups in total. The van der Waals surface area contributed by atoms with E-state index in [0.29, 0.717) is 0 Å². The van der Waals surface area contributed by atoms with Gasteiger partial charge in [0, 0.05) is 25.5 Å². The van der Waals surface area contributed by atoms with Gasteiger partial charge in [-0.3, -0.25) is 0 Å². The normalized spacial score (nSPS) is 33.2. The van der Waals surface area contributed by atoms with Crippen LogP contribution in [-0.2, 0) is 12.6 Å². The zero-order valence-electron chi connectivity index (χ0n) is 8.48. The van der Waals surface area contributed by atoms with E-state index in [0.717, 1.165) is 31.5 Å². The van der Waals surface area contributed by atoms with Gasteiger partial charge in [-0.25, -0.2) is 4.98 Å². The molecule has 1 saturated carbocycles. The second-order valence-corrected chi connectivity index (χ2v) is 4.23. The molecule has 1 fully saturated rings. The number of hydrogen-bond acceptors (Lipinski definition) is 3. The van der Waals surface area contributed by atoms with Crippen LogP contribution in [0.5, 0.6) is 0 Å². The molecular weight excluding hydrogens is 178 g/mol. The first-order chi connectivity index (χ1) is 6.62. The standard InChI is InChI=1S/C10H17N3O/c1-13-7-6-12-9(13)10(14)4-2-8(11)3-5-10/h6-8,14H,2-5,11H2,1H3. The van der Waals surface area contributed by atoms with Crippen molar-refractivity contribution < 1.29 is 5.11 Å². The summed E-state index contributed by atoms with van der Waals surface area (Å²) in [7, 11) is 1.91. The van der Waals surface area contributed by atoms with E-state index in [1.54, 1.807) is 6.20 Å². The van der Waals surface area contributed by atoms with Crippen molar-refractivity contribution in [2.75, 3.05) is 0 Å². The molecule has 14 heavy (non-hydrogen) atoms. The fourth-order valence-corrected chi connectivity index (χ4v) is 2.16. The van der Waals surface area contributed by atoms with Crippen molar-refractivity contribution in [2.45, 2.75) is 37.3 Å². The number of nitrogens with zero attached hydrogens (tertiary/aromatic N) is 2. The van der Waals surface area contributed by atoms with Gasteiger partial charge in [-0.15, -0.1) is 0 Å². The Kier molecular flexibility index (Phi) is 2.33. The van der Waals surface area contributed by atoms with E-state index >= 15 is 0 Å². The number of hydrogen-bond donors (Lipinski definition) is 2. The first-order valence-corrected chi connectivity index (χ1v) is 5.07. The summed E-state index contributed by atoms with van der Waals surface area (Å²) in [4.78, 5) is 4.21. The largest absolute Gasteiger partial charge is 0.382 e. The molecule has 0 saturated heterocycles. The van der Waals surface area contributed by atoms with Crippen LogP contribution < -0.4 is 5.73 Å². The summed E-state index contributed by atoms with van der Waals surface area (Å²) >= 11 is 0. The molecule has 1 aromatic heterocycles. The Morgan fingerprint density at radius 1 is 1.57 bits per heavy atom. The molecular formula is C10H17N3O. The number of aromatic nitrogens is 2. The van der Waals surface area contributed by atoms with Crippen molar-refractivity contribution in [1.82, 2.24) is 9.55 Å². The molecule has 1 heterocycles. The van der Waals surface area contributed by atoms with Crippen LogP contribution in [0.1, 0.15) is 31.5 Å². The van der Waals surface area contributed by atoms with Crippen molar-refractivity contribution in [3.8, 4) is 0 Å². The lowest BCUT2D eigenvalue weighted by Crippen LogP contribution is -2.38. The maximum Gasteiger partial charge on any atom is 0.140 e.